The van der Waals surface area contributed by atoms with Crippen molar-refractivity contribution < 1.29 is 4.79 Å². The second kappa shape index (κ2) is 8.15. The number of nitrogens with one attached hydrogen (secondary N) is 2. The number of benzene rings is 1. The van der Waals surface area contributed by atoms with E-state index >= 15 is 0 Å². The van der Waals surface area contributed by atoms with Crippen LogP contribution in [0.15, 0.2) is 24.3 Å². The summed E-state index contributed by atoms with van der Waals surface area (Å²) in [5.41, 5.74) is 2.05. The smallest absolute Gasteiger partial charge is 0.238 e. The number of nitrogens with zero attached hydrogens (tertiary/aromatic N) is 1. The van der Waals surface area contributed by atoms with Gasteiger partial charge in [-0.05, 0) is 51.9 Å². The Morgan fingerprint density at radius 2 is 1.86 bits per heavy atom. The highest BCUT2D eigenvalue weighted by Crippen LogP contribution is 2.11. The molecule has 1 aromatic rings. The average molecular weight is 289 g/mol. The fourth-order valence-corrected chi connectivity index (χ4v) is 2.72. The van der Waals surface area contributed by atoms with Gasteiger partial charge in [0, 0.05) is 18.3 Å². The number of hydrogen-bond donors (Lipinski definition) is 2. The zero-order valence-electron chi connectivity index (χ0n) is 13.2. The predicted octanol–water partition coefficient (Wildman–Crippen LogP) is 2.40. The number of carbonyl (C=O) groups excluding carboxylic acids is 1. The molecule has 1 aliphatic heterocycles. The first kappa shape index (κ1) is 16.0. The van der Waals surface area contributed by atoms with Crippen molar-refractivity contribution in [1.82, 2.24) is 10.2 Å². The summed E-state index contributed by atoms with van der Waals surface area (Å²) in [4.78, 5) is 14.4. The summed E-state index contributed by atoms with van der Waals surface area (Å²) in [6.45, 7) is 7.88. The van der Waals surface area contributed by atoms with E-state index in [1.165, 1.54) is 37.9 Å². The van der Waals surface area contributed by atoms with E-state index in [0.717, 1.165) is 12.2 Å². The van der Waals surface area contributed by atoms with Crippen molar-refractivity contribution in [3.8, 4) is 0 Å². The van der Waals surface area contributed by atoms with Crippen LogP contribution in [-0.2, 0) is 4.79 Å². The second-order valence-corrected chi connectivity index (χ2v) is 5.99. The Kier molecular flexibility index (Phi) is 6.21. The van der Waals surface area contributed by atoms with Crippen molar-refractivity contribution in [3.05, 3.63) is 29.8 Å². The SMILES string of the molecule is Cc1ccc(NC(=O)CNCC(C)N2CCCCC2)cc1. The third-order valence-electron chi connectivity index (χ3n) is 4.07. The molecule has 2 N–H and O–H groups in total. The van der Waals surface area contributed by atoms with E-state index in [0.29, 0.717) is 12.6 Å². The molecule has 1 amide bonds. The van der Waals surface area contributed by atoms with Crippen molar-refractivity contribution in [2.45, 2.75) is 39.2 Å². The first-order valence-corrected chi connectivity index (χ1v) is 7.96. The number of rotatable bonds is 6. The Hall–Kier alpha value is -1.39. The van der Waals surface area contributed by atoms with Gasteiger partial charge in [0.05, 0.1) is 6.54 Å². The maximum Gasteiger partial charge on any atom is 0.238 e. The molecule has 1 unspecified atom stereocenters. The highest BCUT2D eigenvalue weighted by atomic mass is 16.1. The first-order chi connectivity index (χ1) is 10.1. The van der Waals surface area contributed by atoms with Gasteiger partial charge in [0.2, 0.25) is 5.91 Å². The summed E-state index contributed by atoms with van der Waals surface area (Å²) in [5, 5.41) is 6.17. The van der Waals surface area contributed by atoms with Crippen LogP contribution in [0.3, 0.4) is 0 Å². The molecule has 21 heavy (non-hydrogen) atoms. The summed E-state index contributed by atoms with van der Waals surface area (Å²) in [5.74, 6) is 0.0182. The fraction of sp³-hybridized carbons (Fsp3) is 0.588. The highest BCUT2D eigenvalue weighted by Gasteiger charge is 2.16. The molecule has 2 rings (SSSR count). The number of aryl methyl sites for hydroxylation is 1. The molecule has 1 aromatic carbocycles. The van der Waals surface area contributed by atoms with Gasteiger partial charge in [0.25, 0.3) is 0 Å². The van der Waals surface area contributed by atoms with Crippen molar-refractivity contribution >= 4 is 11.6 Å². The lowest BCUT2D eigenvalue weighted by molar-refractivity contribution is -0.115. The summed E-state index contributed by atoms with van der Waals surface area (Å²) in [6, 6.07) is 8.37. The number of piperidine rings is 1. The van der Waals surface area contributed by atoms with Gasteiger partial charge in [-0.1, -0.05) is 24.1 Å². The van der Waals surface area contributed by atoms with Gasteiger partial charge >= 0.3 is 0 Å². The van der Waals surface area contributed by atoms with Crippen LogP contribution in [0.25, 0.3) is 0 Å². The van der Waals surface area contributed by atoms with Crippen LogP contribution in [0.1, 0.15) is 31.7 Å². The van der Waals surface area contributed by atoms with Gasteiger partial charge in [-0.25, -0.2) is 0 Å². The molecule has 4 nitrogen and oxygen atoms in total. The molecule has 1 aliphatic rings. The molecule has 116 valence electrons. The number of hydrogen-bond acceptors (Lipinski definition) is 3. The molecule has 4 heteroatoms. The summed E-state index contributed by atoms with van der Waals surface area (Å²) < 4.78 is 0. The Balaban J connectivity index is 1.65. The normalized spacial score (nSPS) is 17.4. The van der Waals surface area contributed by atoms with E-state index in [9.17, 15) is 4.79 Å². The Morgan fingerprint density at radius 3 is 2.52 bits per heavy atom. The minimum absolute atomic E-state index is 0.0182. The molecular weight excluding hydrogens is 262 g/mol. The van der Waals surface area contributed by atoms with Crippen LogP contribution in [0, 0.1) is 6.92 Å². The van der Waals surface area contributed by atoms with Crippen LogP contribution < -0.4 is 10.6 Å². The lowest BCUT2D eigenvalue weighted by Gasteiger charge is -2.32. The molecule has 0 aliphatic carbocycles. The molecule has 0 radical (unpaired) electrons. The van der Waals surface area contributed by atoms with Crippen LogP contribution in [0.2, 0.25) is 0 Å². The molecular formula is C17H27N3O. The molecule has 0 saturated carbocycles. The molecule has 1 fully saturated rings. The van der Waals surface area contributed by atoms with Crippen LogP contribution in [-0.4, -0.2) is 43.0 Å². The van der Waals surface area contributed by atoms with Gasteiger partial charge in [-0.3, -0.25) is 9.69 Å². The maximum atomic E-state index is 11.9. The number of anilines is 1. The summed E-state index contributed by atoms with van der Waals surface area (Å²) >= 11 is 0. The van der Waals surface area contributed by atoms with E-state index in [4.69, 9.17) is 0 Å². The molecule has 0 bridgehead atoms. The van der Waals surface area contributed by atoms with Gasteiger partial charge < -0.3 is 10.6 Å². The van der Waals surface area contributed by atoms with E-state index in [2.05, 4.69) is 22.5 Å². The van der Waals surface area contributed by atoms with Crippen molar-refractivity contribution in [2.75, 3.05) is 31.5 Å². The van der Waals surface area contributed by atoms with Gasteiger partial charge in [-0.2, -0.15) is 0 Å². The number of likely N-dealkylation sites (tertiary alicyclic amines) is 1. The number of amides is 1. The Morgan fingerprint density at radius 1 is 1.19 bits per heavy atom. The zero-order chi connectivity index (χ0) is 15.1. The molecule has 0 spiro atoms. The molecule has 1 atom stereocenters. The first-order valence-electron chi connectivity index (χ1n) is 7.96. The van der Waals surface area contributed by atoms with Gasteiger partial charge in [0.15, 0.2) is 0 Å². The van der Waals surface area contributed by atoms with E-state index in [1.54, 1.807) is 0 Å². The van der Waals surface area contributed by atoms with Crippen molar-refractivity contribution in [1.29, 1.82) is 0 Å². The minimum atomic E-state index is 0.0182. The van der Waals surface area contributed by atoms with Gasteiger partial charge in [-0.15, -0.1) is 0 Å². The Bertz CT molecular complexity index is 438. The van der Waals surface area contributed by atoms with Gasteiger partial charge in [0.1, 0.15) is 0 Å². The Labute approximate surface area is 127 Å². The average Bonchev–Trinajstić information content (AvgIpc) is 2.50. The lowest BCUT2D eigenvalue weighted by Crippen LogP contribution is -2.44. The van der Waals surface area contributed by atoms with E-state index in [1.807, 2.05) is 31.2 Å². The molecule has 1 saturated heterocycles. The monoisotopic (exact) mass is 289 g/mol. The summed E-state index contributed by atoms with van der Waals surface area (Å²) in [7, 11) is 0. The quantitative estimate of drug-likeness (QED) is 0.845. The third-order valence-corrected chi connectivity index (χ3v) is 4.07. The van der Waals surface area contributed by atoms with E-state index < -0.39 is 0 Å². The zero-order valence-corrected chi connectivity index (χ0v) is 13.2. The maximum absolute atomic E-state index is 11.9. The molecule has 1 heterocycles. The summed E-state index contributed by atoms with van der Waals surface area (Å²) in [6.07, 6.45) is 3.96. The lowest BCUT2D eigenvalue weighted by atomic mass is 10.1. The minimum Gasteiger partial charge on any atom is -0.325 e. The molecule has 0 aromatic heterocycles. The largest absolute Gasteiger partial charge is 0.325 e. The standard InChI is InChI=1S/C17H27N3O/c1-14-6-8-16(9-7-14)19-17(21)13-18-12-15(2)20-10-4-3-5-11-20/h6-9,15,18H,3-5,10-13H2,1-2H3,(H,19,21). The van der Waals surface area contributed by atoms with Crippen molar-refractivity contribution in [2.24, 2.45) is 0 Å². The third kappa shape index (κ3) is 5.48. The fourth-order valence-electron chi connectivity index (χ4n) is 2.72. The highest BCUT2D eigenvalue weighted by molar-refractivity contribution is 5.92. The predicted molar refractivity (Wildman–Crippen MR) is 87.6 cm³/mol. The second-order valence-electron chi connectivity index (χ2n) is 5.99. The number of carbonyl (C=O) groups is 1. The van der Waals surface area contributed by atoms with E-state index in [-0.39, 0.29) is 5.91 Å². The van der Waals surface area contributed by atoms with Crippen LogP contribution >= 0.6 is 0 Å². The topological polar surface area (TPSA) is 44.4 Å². The van der Waals surface area contributed by atoms with Crippen LogP contribution in [0.5, 0.6) is 0 Å². The van der Waals surface area contributed by atoms with Crippen LogP contribution in [0.4, 0.5) is 5.69 Å². The van der Waals surface area contributed by atoms with Crippen molar-refractivity contribution in [3.63, 3.8) is 0 Å².